The van der Waals surface area contributed by atoms with Crippen molar-refractivity contribution in [3.63, 3.8) is 0 Å². The lowest BCUT2D eigenvalue weighted by Gasteiger charge is -2.30. The van der Waals surface area contributed by atoms with E-state index in [0.29, 0.717) is 23.9 Å². The second kappa shape index (κ2) is 33.8. The minimum absolute atomic E-state index is 0.0112. The number of hydrogen-bond acceptors (Lipinski definition) is 6. The number of phosphoric acid groups is 1. The summed E-state index contributed by atoms with van der Waals surface area (Å²) in [5.74, 6) is -0.175. The molecular formula is C41H81N2O6P. The van der Waals surface area contributed by atoms with E-state index in [0.717, 1.165) is 57.8 Å². The number of allylic oxidation sites excluding steroid dienone is 4. The molecule has 0 aliphatic rings. The molecule has 1 amide bonds. The van der Waals surface area contributed by atoms with E-state index in [1.165, 1.54) is 96.3 Å². The van der Waals surface area contributed by atoms with Gasteiger partial charge < -0.3 is 28.8 Å². The monoisotopic (exact) mass is 729 g/mol. The van der Waals surface area contributed by atoms with Crippen molar-refractivity contribution in [3.05, 3.63) is 24.3 Å². The predicted molar refractivity (Wildman–Crippen MR) is 210 cm³/mol. The zero-order valence-electron chi connectivity index (χ0n) is 33.4. The Morgan fingerprint density at radius 1 is 0.700 bits per heavy atom. The summed E-state index contributed by atoms with van der Waals surface area (Å²) in [6.45, 7) is 4.60. The molecule has 2 N–H and O–H groups in total. The van der Waals surface area contributed by atoms with Crippen molar-refractivity contribution in [2.24, 2.45) is 0 Å². The van der Waals surface area contributed by atoms with E-state index in [1.54, 1.807) is 0 Å². The van der Waals surface area contributed by atoms with Crippen molar-refractivity contribution in [2.75, 3.05) is 40.9 Å². The molecular weight excluding hydrogens is 647 g/mol. The minimum atomic E-state index is -4.54. The highest BCUT2D eigenvalue weighted by molar-refractivity contribution is 7.45. The summed E-state index contributed by atoms with van der Waals surface area (Å²) in [6, 6.07) is -0.795. The molecule has 3 unspecified atom stereocenters. The Kier molecular flexibility index (Phi) is 33.1. The van der Waals surface area contributed by atoms with Crippen LogP contribution in [0.2, 0.25) is 0 Å². The van der Waals surface area contributed by atoms with E-state index >= 15 is 0 Å². The van der Waals surface area contributed by atoms with Gasteiger partial charge in [0, 0.05) is 6.42 Å². The normalized spacial score (nSPS) is 14.8. The third-order valence-electron chi connectivity index (χ3n) is 9.19. The molecule has 0 heterocycles. The highest BCUT2D eigenvalue weighted by Crippen LogP contribution is 2.38. The first-order valence-corrected chi connectivity index (χ1v) is 22.1. The number of quaternary nitrogens is 1. The molecule has 0 radical (unpaired) electrons. The maximum Gasteiger partial charge on any atom is 0.268 e. The fourth-order valence-corrected chi connectivity index (χ4v) is 6.56. The second-order valence-corrected chi connectivity index (χ2v) is 16.8. The topological polar surface area (TPSA) is 108 Å². The van der Waals surface area contributed by atoms with Gasteiger partial charge in [0.15, 0.2) is 0 Å². The molecule has 0 fully saturated rings. The fraction of sp³-hybridized carbons (Fsp3) is 0.878. The number of amides is 1. The van der Waals surface area contributed by atoms with Crippen molar-refractivity contribution in [1.29, 1.82) is 0 Å². The molecule has 0 saturated heterocycles. The number of rotatable bonds is 37. The summed E-state index contributed by atoms with van der Waals surface area (Å²) >= 11 is 0. The molecule has 0 aliphatic carbocycles. The number of aliphatic hydroxyl groups excluding tert-OH is 1. The highest BCUT2D eigenvalue weighted by Gasteiger charge is 2.24. The number of carbonyl (C=O) groups is 1. The Morgan fingerprint density at radius 3 is 1.66 bits per heavy atom. The predicted octanol–water partition coefficient (Wildman–Crippen LogP) is 10.3. The number of likely N-dealkylation sites (N-methyl/N-ethyl adjacent to an activating group) is 1. The van der Waals surface area contributed by atoms with E-state index in [2.05, 4.69) is 43.5 Å². The Hall–Kier alpha value is -1.02. The summed E-state index contributed by atoms with van der Waals surface area (Å²) in [5.41, 5.74) is 0. The number of nitrogens with one attached hydrogen (secondary N) is 1. The van der Waals surface area contributed by atoms with Crippen molar-refractivity contribution in [1.82, 2.24) is 5.32 Å². The zero-order chi connectivity index (χ0) is 37.2. The van der Waals surface area contributed by atoms with Crippen molar-refractivity contribution in [2.45, 2.75) is 193 Å². The van der Waals surface area contributed by atoms with Gasteiger partial charge in [0.05, 0.1) is 39.9 Å². The van der Waals surface area contributed by atoms with Crippen LogP contribution < -0.4 is 10.2 Å². The van der Waals surface area contributed by atoms with E-state index < -0.39 is 20.0 Å². The Bertz CT molecular complexity index is 876. The van der Waals surface area contributed by atoms with Gasteiger partial charge in [-0.25, -0.2) is 0 Å². The Balaban J connectivity index is 4.06. The van der Waals surface area contributed by atoms with Gasteiger partial charge in [-0.3, -0.25) is 9.36 Å². The highest BCUT2D eigenvalue weighted by atomic mass is 31.2. The molecule has 0 aromatic rings. The summed E-state index contributed by atoms with van der Waals surface area (Å²) < 4.78 is 23.0. The first-order chi connectivity index (χ1) is 24.0. The van der Waals surface area contributed by atoms with E-state index in [1.807, 2.05) is 21.1 Å². The first kappa shape index (κ1) is 49.0. The molecule has 0 spiro atoms. The summed E-state index contributed by atoms with van der Waals surface area (Å²) in [4.78, 5) is 25.1. The molecule has 0 aromatic carbocycles. The average molecular weight is 729 g/mol. The molecule has 3 atom stereocenters. The number of nitrogens with zero attached hydrogens (tertiary/aromatic N) is 1. The lowest BCUT2D eigenvalue weighted by atomic mass is 10.0. The number of carbonyl (C=O) groups excluding carboxylic acids is 1. The molecule has 0 aliphatic heterocycles. The molecule has 50 heavy (non-hydrogen) atoms. The molecule has 0 aromatic heterocycles. The standard InChI is InChI=1S/C41H81N2O6P/c1-6-8-10-12-13-14-15-16-17-18-19-20-21-22-23-24-25-26-27-28-29-31-33-35-41(45)42-39(40(44)34-32-30-11-9-7-2)38-49-50(46,47)48-37-36-43(3,4)5/h15-16,18-19,39-40,44H,6-14,17,20-38H2,1-5H3,(H-,42,45,46,47)/b16-15-,19-18-. The maximum atomic E-state index is 12.7. The lowest BCUT2D eigenvalue weighted by Crippen LogP contribution is -2.46. The zero-order valence-corrected chi connectivity index (χ0v) is 34.2. The van der Waals surface area contributed by atoms with Crippen LogP contribution >= 0.6 is 7.82 Å². The third kappa shape index (κ3) is 35.4. The largest absolute Gasteiger partial charge is 0.756 e. The summed E-state index contributed by atoms with van der Waals surface area (Å²) in [7, 11) is 1.30. The van der Waals surface area contributed by atoms with Crippen LogP contribution in [-0.2, 0) is 18.4 Å². The van der Waals surface area contributed by atoms with Gasteiger partial charge >= 0.3 is 0 Å². The maximum absolute atomic E-state index is 12.7. The van der Waals surface area contributed by atoms with E-state index in [-0.39, 0.29) is 19.1 Å². The van der Waals surface area contributed by atoms with Crippen LogP contribution in [-0.4, -0.2) is 68.5 Å². The summed E-state index contributed by atoms with van der Waals surface area (Å²) in [6.07, 6.45) is 38.0. The van der Waals surface area contributed by atoms with Gasteiger partial charge in [0.25, 0.3) is 7.82 Å². The molecule has 0 saturated carbocycles. The quantitative estimate of drug-likeness (QED) is 0.0285. The average Bonchev–Trinajstić information content (AvgIpc) is 3.06. The van der Waals surface area contributed by atoms with E-state index in [9.17, 15) is 19.4 Å². The molecule has 0 bridgehead atoms. The Morgan fingerprint density at radius 2 is 1.16 bits per heavy atom. The van der Waals surface area contributed by atoms with Crippen molar-refractivity contribution < 1.29 is 32.9 Å². The van der Waals surface area contributed by atoms with E-state index in [4.69, 9.17) is 9.05 Å². The number of aliphatic hydroxyl groups is 1. The molecule has 9 heteroatoms. The van der Waals surface area contributed by atoms with Gasteiger partial charge in [-0.05, 0) is 44.9 Å². The van der Waals surface area contributed by atoms with Crippen molar-refractivity contribution >= 4 is 13.7 Å². The second-order valence-electron chi connectivity index (χ2n) is 15.3. The van der Waals surface area contributed by atoms with Crippen LogP contribution in [0, 0.1) is 0 Å². The van der Waals surface area contributed by atoms with Crippen LogP contribution in [0.3, 0.4) is 0 Å². The van der Waals surface area contributed by atoms with Crippen LogP contribution in [0.15, 0.2) is 24.3 Å². The number of phosphoric ester groups is 1. The van der Waals surface area contributed by atoms with Crippen LogP contribution in [0.25, 0.3) is 0 Å². The smallest absolute Gasteiger partial charge is 0.268 e. The Labute approximate surface area is 309 Å². The minimum Gasteiger partial charge on any atom is -0.756 e. The van der Waals surface area contributed by atoms with Gasteiger partial charge in [0.1, 0.15) is 13.2 Å². The fourth-order valence-electron chi connectivity index (χ4n) is 5.83. The van der Waals surface area contributed by atoms with Gasteiger partial charge in [-0.2, -0.15) is 0 Å². The van der Waals surface area contributed by atoms with Crippen LogP contribution in [0.1, 0.15) is 181 Å². The molecule has 8 nitrogen and oxygen atoms in total. The van der Waals surface area contributed by atoms with Crippen molar-refractivity contribution in [3.8, 4) is 0 Å². The SMILES string of the molecule is CCCCCCC/C=C\C/C=C\CCCCCCCCCCCCCC(=O)NC(COP(=O)([O-])OCC[N+](C)(C)C)C(O)CCCCCCC. The lowest BCUT2D eigenvalue weighted by molar-refractivity contribution is -0.870. The first-order valence-electron chi connectivity index (χ1n) is 20.7. The third-order valence-corrected chi connectivity index (χ3v) is 10.2. The molecule has 0 rings (SSSR count). The van der Waals surface area contributed by atoms with Crippen LogP contribution in [0.4, 0.5) is 0 Å². The van der Waals surface area contributed by atoms with Gasteiger partial charge in [-0.1, -0.05) is 154 Å². The number of hydrogen-bond donors (Lipinski definition) is 2. The number of unbranched alkanes of at least 4 members (excludes halogenated alkanes) is 20. The summed E-state index contributed by atoms with van der Waals surface area (Å²) in [5, 5.41) is 13.7. The van der Waals surface area contributed by atoms with Crippen LogP contribution in [0.5, 0.6) is 0 Å². The van der Waals surface area contributed by atoms with Gasteiger partial charge in [-0.15, -0.1) is 0 Å². The van der Waals surface area contributed by atoms with Gasteiger partial charge in [0.2, 0.25) is 5.91 Å². The molecule has 296 valence electrons.